The molecule has 1 heterocycles. The summed E-state index contributed by atoms with van der Waals surface area (Å²) in [5, 5.41) is 0. The van der Waals surface area contributed by atoms with Gasteiger partial charge < -0.3 is 10.5 Å². The van der Waals surface area contributed by atoms with E-state index in [1.807, 2.05) is 0 Å². The minimum Gasteiger partial charge on any atom is -0.453 e. The van der Waals surface area contributed by atoms with Gasteiger partial charge in [-0.05, 0) is 0 Å². The Balaban J connectivity index is 2.59. The summed E-state index contributed by atoms with van der Waals surface area (Å²) in [5.74, 6) is -0.0251. The fraction of sp³-hybridized carbons (Fsp3) is 0.667. The number of ether oxygens (including phenoxy) is 1. The van der Waals surface area contributed by atoms with E-state index in [0.29, 0.717) is 0 Å². The van der Waals surface area contributed by atoms with Gasteiger partial charge in [-0.2, -0.15) is 0 Å². The van der Waals surface area contributed by atoms with Crippen LogP contribution in [0.25, 0.3) is 0 Å². The number of carbonyl (C=O) groups is 2. The Hall–Kier alpha value is -1.10. The molecule has 1 atom stereocenters. The third-order valence-electron chi connectivity index (χ3n) is 1.59. The minimum absolute atomic E-state index is 0.0251. The largest absolute Gasteiger partial charge is 0.453 e. The molecule has 11 heavy (non-hydrogen) atoms. The monoisotopic (exact) mass is 158 g/mol. The van der Waals surface area contributed by atoms with Crippen molar-refractivity contribution >= 4 is 11.9 Å². The smallest absolute Gasteiger partial charge is 0.411 e. The van der Waals surface area contributed by atoms with E-state index >= 15 is 0 Å². The Morgan fingerprint density at radius 3 is 2.82 bits per heavy atom. The molecule has 0 aromatic rings. The fourth-order valence-electron chi connectivity index (χ4n) is 1.03. The summed E-state index contributed by atoms with van der Waals surface area (Å²) in [4.78, 5) is 22.8. The van der Waals surface area contributed by atoms with Crippen molar-refractivity contribution in [2.45, 2.75) is 12.6 Å². The molecule has 0 aromatic carbocycles. The lowest BCUT2D eigenvalue weighted by molar-refractivity contribution is -0.116. The van der Waals surface area contributed by atoms with Gasteiger partial charge in [-0.15, -0.1) is 0 Å². The summed E-state index contributed by atoms with van der Waals surface area (Å²) in [6.07, 6.45) is -0.812. The Morgan fingerprint density at radius 2 is 2.45 bits per heavy atom. The first-order valence-corrected chi connectivity index (χ1v) is 3.27. The highest BCUT2D eigenvalue weighted by atomic mass is 16.5. The number of amides is 1. The van der Waals surface area contributed by atoms with E-state index in [1.165, 1.54) is 12.0 Å². The molecule has 5 nitrogen and oxygen atoms in total. The number of ketones is 1. The van der Waals surface area contributed by atoms with E-state index in [2.05, 4.69) is 4.74 Å². The molecule has 1 rings (SSSR count). The first-order valence-electron chi connectivity index (χ1n) is 3.27. The summed E-state index contributed by atoms with van der Waals surface area (Å²) in [5.41, 5.74) is 5.45. The molecule has 0 bridgehead atoms. The van der Waals surface area contributed by atoms with Crippen molar-refractivity contribution in [3.63, 3.8) is 0 Å². The SMILES string of the molecule is COC(=O)N1CC(=O)CC1N. The van der Waals surface area contributed by atoms with Crippen molar-refractivity contribution in [1.29, 1.82) is 0 Å². The van der Waals surface area contributed by atoms with Crippen molar-refractivity contribution in [2.75, 3.05) is 13.7 Å². The van der Waals surface area contributed by atoms with E-state index in [9.17, 15) is 9.59 Å². The average molecular weight is 158 g/mol. The van der Waals surface area contributed by atoms with Crippen LogP contribution in [-0.2, 0) is 9.53 Å². The van der Waals surface area contributed by atoms with Crippen molar-refractivity contribution in [1.82, 2.24) is 4.90 Å². The summed E-state index contributed by atoms with van der Waals surface area (Å²) < 4.78 is 4.41. The Bertz CT molecular complexity index is 192. The van der Waals surface area contributed by atoms with E-state index in [1.54, 1.807) is 0 Å². The van der Waals surface area contributed by atoms with E-state index < -0.39 is 12.3 Å². The first-order chi connectivity index (χ1) is 5.15. The zero-order valence-corrected chi connectivity index (χ0v) is 6.24. The van der Waals surface area contributed by atoms with Crippen LogP contribution < -0.4 is 5.73 Å². The zero-order chi connectivity index (χ0) is 8.43. The van der Waals surface area contributed by atoms with Crippen molar-refractivity contribution in [3.05, 3.63) is 0 Å². The summed E-state index contributed by atoms with van der Waals surface area (Å²) in [6.45, 7) is 0.0772. The van der Waals surface area contributed by atoms with Gasteiger partial charge in [0.05, 0.1) is 19.8 Å². The summed E-state index contributed by atoms with van der Waals surface area (Å²) >= 11 is 0. The molecule has 62 valence electrons. The van der Waals surface area contributed by atoms with Gasteiger partial charge in [-0.25, -0.2) is 4.79 Å². The normalized spacial score (nSPS) is 24.0. The van der Waals surface area contributed by atoms with Crippen LogP contribution in [-0.4, -0.2) is 36.6 Å². The molecule has 5 heteroatoms. The van der Waals surface area contributed by atoms with Gasteiger partial charge >= 0.3 is 6.09 Å². The predicted octanol–water partition coefficient (Wildman–Crippen LogP) is -0.688. The second-order valence-electron chi connectivity index (χ2n) is 2.41. The number of carbonyl (C=O) groups excluding carboxylic acids is 2. The fourth-order valence-corrected chi connectivity index (χ4v) is 1.03. The second-order valence-corrected chi connectivity index (χ2v) is 2.41. The van der Waals surface area contributed by atoms with Crippen LogP contribution in [0.5, 0.6) is 0 Å². The summed E-state index contributed by atoms with van der Waals surface area (Å²) in [7, 11) is 1.26. The Morgan fingerprint density at radius 1 is 1.82 bits per heavy atom. The third kappa shape index (κ3) is 1.48. The number of hydrogen-bond acceptors (Lipinski definition) is 4. The molecule has 1 aliphatic heterocycles. The number of nitrogens with two attached hydrogens (primary N) is 1. The number of hydrogen-bond donors (Lipinski definition) is 1. The predicted molar refractivity (Wildman–Crippen MR) is 36.7 cm³/mol. The molecular weight excluding hydrogens is 148 g/mol. The number of methoxy groups -OCH3 is 1. The van der Waals surface area contributed by atoms with Crippen LogP contribution in [0.2, 0.25) is 0 Å². The maximum absolute atomic E-state index is 10.8. The molecule has 1 saturated heterocycles. The lowest BCUT2D eigenvalue weighted by Crippen LogP contribution is -2.40. The summed E-state index contributed by atoms with van der Waals surface area (Å²) in [6, 6.07) is 0. The van der Waals surface area contributed by atoms with Gasteiger partial charge in [-0.1, -0.05) is 0 Å². The quantitative estimate of drug-likeness (QED) is 0.506. The van der Waals surface area contributed by atoms with E-state index in [4.69, 9.17) is 5.73 Å². The molecule has 0 saturated carbocycles. The molecule has 0 aliphatic carbocycles. The van der Waals surface area contributed by atoms with Gasteiger partial charge in [0.25, 0.3) is 0 Å². The molecule has 1 unspecified atom stereocenters. The van der Waals surface area contributed by atoms with Crippen LogP contribution in [0, 0.1) is 0 Å². The van der Waals surface area contributed by atoms with Gasteiger partial charge in [0, 0.05) is 6.42 Å². The van der Waals surface area contributed by atoms with Crippen molar-refractivity contribution < 1.29 is 14.3 Å². The van der Waals surface area contributed by atoms with Crippen LogP contribution in [0.3, 0.4) is 0 Å². The van der Waals surface area contributed by atoms with Crippen LogP contribution in [0.1, 0.15) is 6.42 Å². The highest BCUT2D eigenvalue weighted by molar-refractivity contribution is 5.87. The number of rotatable bonds is 0. The molecule has 0 aromatic heterocycles. The highest BCUT2D eigenvalue weighted by Crippen LogP contribution is 2.10. The van der Waals surface area contributed by atoms with Gasteiger partial charge in [0.2, 0.25) is 0 Å². The number of Topliss-reactive ketones (excluding diaryl/α,β-unsaturated/α-hetero) is 1. The lowest BCUT2D eigenvalue weighted by Gasteiger charge is -2.17. The van der Waals surface area contributed by atoms with Gasteiger partial charge in [-0.3, -0.25) is 9.69 Å². The average Bonchev–Trinajstić information content (AvgIpc) is 2.28. The van der Waals surface area contributed by atoms with Crippen LogP contribution >= 0.6 is 0 Å². The van der Waals surface area contributed by atoms with Crippen molar-refractivity contribution in [3.8, 4) is 0 Å². The molecule has 2 N–H and O–H groups in total. The van der Waals surface area contributed by atoms with Crippen LogP contribution in [0.4, 0.5) is 4.79 Å². The third-order valence-corrected chi connectivity index (χ3v) is 1.59. The first kappa shape index (κ1) is 8.00. The molecule has 1 amide bonds. The molecule has 0 spiro atoms. The van der Waals surface area contributed by atoms with Crippen LogP contribution in [0.15, 0.2) is 0 Å². The van der Waals surface area contributed by atoms with Gasteiger partial charge in [0.15, 0.2) is 5.78 Å². The lowest BCUT2D eigenvalue weighted by atomic mass is 10.3. The molecule has 1 aliphatic rings. The topological polar surface area (TPSA) is 72.6 Å². The molecule has 0 radical (unpaired) electrons. The molecule has 1 fully saturated rings. The van der Waals surface area contributed by atoms with E-state index in [0.717, 1.165) is 0 Å². The highest BCUT2D eigenvalue weighted by Gasteiger charge is 2.31. The number of nitrogens with zero attached hydrogens (tertiary/aromatic N) is 1. The number of likely N-dealkylation sites (tertiary alicyclic amines) is 1. The Labute approximate surface area is 64.1 Å². The minimum atomic E-state index is -0.539. The molecular formula is C6H10N2O3. The maximum Gasteiger partial charge on any atom is 0.411 e. The maximum atomic E-state index is 10.8. The standard InChI is InChI=1S/C6H10N2O3/c1-11-6(10)8-3-4(9)2-5(8)7/h5H,2-3,7H2,1H3. The zero-order valence-electron chi connectivity index (χ0n) is 6.24. The van der Waals surface area contributed by atoms with E-state index in [-0.39, 0.29) is 18.7 Å². The Kier molecular flexibility index (Phi) is 2.09. The van der Waals surface area contributed by atoms with Gasteiger partial charge in [0.1, 0.15) is 0 Å². The second kappa shape index (κ2) is 2.87. The van der Waals surface area contributed by atoms with Crippen molar-refractivity contribution in [2.24, 2.45) is 5.73 Å².